The van der Waals surface area contributed by atoms with Crippen molar-refractivity contribution in [2.75, 3.05) is 12.4 Å². The van der Waals surface area contributed by atoms with Gasteiger partial charge in [0.2, 0.25) is 5.91 Å². The number of carbonyl (C=O) groups excluding carboxylic acids is 3. The SMILES string of the molecule is COC(=O)c1c(CC(=O)Nc2cc(C)nn2-c2ccc([N+](=O)[O-])cc2)[nH]c(C(C)=O)c1C. The van der Waals surface area contributed by atoms with E-state index in [-0.39, 0.29) is 34.8 Å². The summed E-state index contributed by atoms with van der Waals surface area (Å²) >= 11 is 0. The number of ether oxygens (including phenoxy) is 1. The van der Waals surface area contributed by atoms with Gasteiger partial charge in [-0.1, -0.05) is 0 Å². The normalized spacial score (nSPS) is 10.6. The maximum Gasteiger partial charge on any atom is 0.339 e. The molecule has 0 fully saturated rings. The number of amides is 1. The summed E-state index contributed by atoms with van der Waals surface area (Å²) in [6.45, 7) is 4.70. The van der Waals surface area contributed by atoms with Gasteiger partial charge in [-0.25, -0.2) is 9.48 Å². The third kappa shape index (κ3) is 4.41. The van der Waals surface area contributed by atoms with Crippen LogP contribution in [0.3, 0.4) is 0 Å². The van der Waals surface area contributed by atoms with Crippen LogP contribution in [-0.2, 0) is 16.0 Å². The highest BCUT2D eigenvalue weighted by molar-refractivity contribution is 6.02. The van der Waals surface area contributed by atoms with Crippen LogP contribution in [0.25, 0.3) is 5.69 Å². The van der Waals surface area contributed by atoms with Gasteiger partial charge in [0, 0.05) is 30.8 Å². The Morgan fingerprint density at radius 2 is 1.88 bits per heavy atom. The number of benzene rings is 1. The molecular weight excluding hydrogens is 418 g/mol. The number of Topliss-reactive ketones (excluding diaryl/α,β-unsaturated/α-hetero) is 1. The number of aromatic amines is 1. The van der Waals surface area contributed by atoms with E-state index in [1.54, 1.807) is 19.9 Å². The van der Waals surface area contributed by atoms with E-state index in [1.807, 2.05) is 0 Å². The number of hydrogen-bond donors (Lipinski definition) is 2. The van der Waals surface area contributed by atoms with E-state index in [2.05, 4.69) is 15.4 Å². The summed E-state index contributed by atoms with van der Waals surface area (Å²) in [6.07, 6.45) is -0.219. The van der Waals surface area contributed by atoms with E-state index in [4.69, 9.17) is 4.74 Å². The summed E-state index contributed by atoms with van der Waals surface area (Å²) in [5.41, 5.74) is 2.12. The molecule has 0 saturated carbocycles. The van der Waals surface area contributed by atoms with E-state index in [9.17, 15) is 24.5 Å². The standard InChI is InChI=1S/C21H21N5O6/c1-11-9-17(25(24-11)14-5-7-15(8-6-14)26(30)31)23-18(28)10-16-19(21(29)32-4)12(2)20(22-16)13(3)27/h5-9,22H,10H2,1-4H3,(H,23,28). The number of carbonyl (C=O) groups is 3. The van der Waals surface area contributed by atoms with E-state index in [0.29, 0.717) is 22.8 Å². The second-order valence-corrected chi connectivity index (χ2v) is 7.11. The average molecular weight is 439 g/mol. The van der Waals surface area contributed by atoms with Crippen molar-refractivity contribution in [2.45, 2.75) is 27.2 Å². The molecule has 0 aliphatic rings. The fraction of sp³-hybridized carbons (Fsp3) is 0.238. The summed E-state index contributed by atoms with van der Waals surface area (Å²) in [4.78, 5) is 50.0. The van der Waals surface area contributed by atoms with Crippen molar-refractivity contribution in [3.63, 3.8) is 0 Å². The van der Waals surface area contributed by atoms with Gasteiger partial charge in [-0.05, 0) is 31.5 Å². The van der Waals surface area contributed by atoms with Crippen LogP contribution in [0.5, 0.6) is 0 Å². The van der Waals surface area contributed by atoms with Gasteiger partial charge in [0.15, 0.2) is 5.78 Å². The highest BCUT2D eigenvalue weighted by Crippen LogP contribution is 2.23. The third-order valence-corrected chi connectivity index (χ3v) is 4.81. The molecule has 0 saturated heterocycles. The quantitative estimate of drug-likeness (QED) is 0.249. The number of ketones is 1. The number of nitro groups is 1. The van der Waals surface area contributed by atoms with Crippen molar-refractivity contribution < 1.29 is 24.0 Å². The van der Waals surface area contributed by atoms with Crippen LogP contribution in [0, 0.1) is 24.0 Å². The number of methoxy groups -OCH3 is 1. The van der Waals surface area contributed by atoms with Gasteiger partial charge in [-0.15, -0.1) is 0 Å². The molecule has 3 rings (SSSR count). The van der Waals surface area contributed by atoms with Gasteiger partial charge < -0.3 is 15.0 Å². The summed E-state index contributed by atoms with van der Waals surface area (Å²) in [5, 5.41) is 17.9. The number of aryl methyl sites for hydroxylation is 1. The Morgan fingerprint density at radius 1 is 1.22 bits per heavy atom. The maximum atomic E-state index is 12.8. The van der Waals surface area contributed by atoms with Crippen LogP contribution in [0.4, 0.5) is 11.5 Å². The number of esters is 1. The second kappa shape index (κ2) is 8.84. The Bertz CT molecular complexity index is 1220. The minimum absolute atomic E-state index is 0.0676. The van der Waals surface area contributed by atoms with Gasteiger partial charge in [-0.3, -0.25) is 19.7 Å². The van der Waals surface area contributed by atoms with Gasteiger partial charge in [-0.2, -0.15) is 5.10 Å². The van der Waals surface area contributed by atoms with Gasteiger partial charge in [0.25, 0.3) is 5.69 Å². The van der Waals surface area contributed by atoms with Crippen molar-refractivity contribution in [1.29, 1.82) is 0 Å². The topological polar surface area (TPSA) is 149 Å². The van der Waals surface area contributed by atoms with Gasteiger partial charge >= 0.3 is 5.97 Å². The highest BCUT2D eigenvalue weighted by atomic mass is 16.6. The third-order valence-electron chi connectivity index (χ3n) is 4.81. The Kier molecular flexibility index (Phi) is 6.19. The average Bonchev–Trinajstić information content (AvgIpc) is 3.26. The molecule has 3 aromatic rings. The van der Waals surface area contributed by atoms with E-state index in [0.717, 1.165) is 0 Å². The molecule has 0 aliphatic carbocycles. The molecule has 0 aliphatic heterocycles. The summed E-state index contributed by atoms with van der Waals surface area (Å²) in [5.74, 6) is -1.04. The molecule has 0 spiro atoms. The lowest BCUT2D eigenvalue weighted by molar-refractivity contribution is -0.384. The molecule has 32 heavy (non-hydrogen) atoms. The van der Waals surface area contributed by atoms with Crippen molar-refractivity contribution in [3.05, 3.63) is 68.7 Å². The summed E-state index contributed by atoms with van der Waals surface area (Å²) in [7, 11) is 1.22. The predicted octanol–water partition coefficient (Wildman–Crippen LogP) is 2.90. The predicted molar refractivity (Wildman–Crippen MR) is 114 cm³/mol. The Balaban J connectivity index is 1.88. The molecule has 2 aromatic heterocycles. The Labute approximate surface area is 182 Å². The van der Waals surface area contributed by atoms with Crippen LogP contribution in [-0.4, -0.2) is 44.5 Å². The molecule has 0 bridgehead atoms. The molecule has 0 radical (unpaired) electrons. The van der Waals surface area contributed by atoms with Crippen LogP contribution in [0.2, 0.25) is 0 Å². The van der Waals surface area contributed by atoms with E-state index >= 15 is 0 Å². The van der Waals surface area contributed by atoms with E-state index < -0.39 is 16.8 Å². The van der Waals surface area contributed by atoms with Crippen molar-refractivity contribution in [1.82, 2.24) is 14.8 Å². The number of H-pyrrole nitrogens is 1. The smallest absolute Gasteiger partial charge is 0.339 e. The monoisotopic (exact) mass is 439 g/mol. The number of aromatic nitrogens is 3. The zero-order valence-corrected chi connectivity index (χ0v) is 17.9. The number of nitrogens with one attached hydrogen (secondary N) is 2. The lowest BCUT2D eigenvalue weighted by atomic mass is 10.1. The first-order chi connectivity index (χ1) is 15.1. The molecule has 0 unspecified atom stereocenters. The fourth-order valence-corrected chi connectivity index (χ4v) is 3.37. The molecule has 0 atom stereocenters. The number of rotatable bonds is 7. The van der Waals surface area contributed by atoms with Gasteiger partial charge in [0.05, 0.1) is 41.1 Å². The molecule has 2 heterocycles. The van der Waals surface area contributed by atoms with Gasteiger partial charge in [0.1, 0.15) is 5.82 Å². The molecule has 11 heteroatoms. The zero-order valence-electron chi connectivity index (χ0n) is 17.9. The Morgan fingerprint density at radius 3 is 2.44 bits per heavy atom. The van der Waals surface area contributed by atoms with Crippen LogP contribution in [0.1, 0.15) is 44.7 Å². The molecule has 1 amide bonds. The first-order valence-corrected chi connectivity index (χ1v) is 9.54. The van der Waals surface area contributed by atoms with Crippen molar-refractivity contribution in [3.8, 4) is 5.69 Å². The maximum absolute atomic E-state index is 12.8. The molecule has 2 N–H and O–H groups in total. The Hall–Kier alpha value is -4.28. The number of anilines is 1. The molecular formula is C21H21N5O6. The summed E-state index contributed by atoms with van der Waals surface area (Å²) < 4.78 is 6.24. The lowest BCUT2D eigenvalue weighted by Crippen LogP contribution is -2.19. The minimum atomic E-state index is -0.652. The van der Waals surface area contributed by atoms with Crippen LogP contribution in [0.15, 0.2) is 30.3 Å². The number of hydrogen-bond acceptors (Lipinski definition) is 7. The first kappa shape index (κ1) is 22.4. The zero-order chi connectivity index (χ0) is 23.6. The van der Waals surface area contributed by atoms with Crippen molar-refractivity contribution in [2.24, 2.45) is 0 Å². The van der Waals surface area contributed by atoms with Crippen molar-refractivity contribution >= 4 is 29.2 Å². The number of nitro benzene ring substituents is 1. The van der Waals surface area contributed by atoms with Crippen LogP contribution < -0.4 is 5.32 Å². The summed E-state index contributed by atoms with van der Waals surface area (Å²) in [6, 6.07) is 7.35. The van der Waals surface area contributed by atoms with E-state index in [1.165, 1.54) is 43.0 Å². The fourth-order valence-electron chi connectivity index (χ4n) is 3.37. The first-order valence-electron chi connectivity index (χ1n) is 9.54. The minimum Gasteiger partial charge on any atom is -0.465 e. The number of nitrogens with zero attached hydrogens (tertiary/aromatic N) is 3. The second-order valence-electron chi connectivity index (χ2n) is 7.11. The molecule has 11 nitrogen and oxygen atoms in total. The lowest BCUT2D eigenvalue weighted by Gasteiger charge is -2.09. The largest absolute Gasteiger partial charge is 0.465 e. The number of non-ortho nitro benzene ring substituents is 1. The van der Waals surface area contributed by atoms with Crippen LogP contribution >= 0.6 is 0 Å². The highest BCUT2D eigenvalue weighted by Gasteiger charge is 2.24. The molecule has 1 aromatic carbocycles. The molecule has 166 valence electrons.